The number of carbonyl (C=O) groups is 2. The first-order valence-corrected chi connectivity index (χ1v) is 7.96. The number of nitrogens with zero attached hydrogens (tertiary/aromatic N) is 1. The molecule has 1 N–H and O–H groups in total. The molecule has 1 aromatic rings. The maximum atomic E-state index is 12.3. The Balaban J connectivity index is 2.09. The molecule has 0 saturated carbocycles. The van der Waals surface area contributed by atoms with Crippen molar-refractivity contribution in [1.82, 2.24) is 4.90 Å². The topological polar surface area (TPSA) is 66.8 Å². The highest BCUT2D eigenvalue weighted by Crippen LogP contribution is 2.32. The van der Waals surface area contributed by atoms with E-state index in [1.54, 1.807) is 0 Å². The molecule has 1 unspecified atom stereocenters. The first kappa shape index (κ1) is 17.3. The first-order valence-electron chi connectivity index (χ1n) is 7.96. The minimum Gasteiger partial charge on any atom is -0.483 e. The Bertz CT molecular complexity index is 604. The Morgan fingerprint density at radius 1 is 1.35 bits per heavy atom. The zero-order valence-corrected chi connectivity index (χ0v) is 14.3. The SMILES string of the molecule is Cc1ccc(OCC(=O)N2CCCC2C(=O)O)c(C(C)(C)C)c1. The molecule has 0 bridgehead atoms. The number of carboxylic acids is 1. The highest BCUT2D eigenvalue weighted by Gasteiger charge is 2.34. The lowest BCUT2D eigenvalue weighted by atomic mass is 9.85. The maximum absolute atomic E-state index is 12.3. The van der Waals surface area contributed by atoms with Gasteiger partial charge in [0.05, 0.1) is 0 Å². The number of aryl methyl sites for hydroxylation is 1. The molecule has 1 atom stereocenters. The summed E-state index contributed by atoms with van der Waals surface area (Å²) in [6.07, 6.45) is 1.24. The van der Waals surface area contributed by atoms with Crippen molar-refractivity contribution in [3.63, 3.8) is 0 Å². The second-order valence-electron chi connectivity index (χ2n) is 7.12. The van der Waals surface area contributed by atoms with Gasteiger partial charge in [-0.15, -0.1) is 0 Å². The lowest BCUT2D eigenvalue weighted by Gasteiger charge is -2.25. The van der Waals surface area contributed by atoms with Crippen LogP contribution in [0.25, 0.3) is 0 Å². The minimum atomic E-state index is -0.943. The molecule has 1 aliphatic rings. The summed E-state index contributed by atoms with van der Waals surface area (Å²) >= 11 is 0. The summed E-state index contributed by atoms with van der Waals surface area (Å²) < 4.78 is 5.74. The zero-order chi connectivity index (χ0) is 17.2. The molecule has 1 amide bonds. The molecule has 2 rings (SSSR count). The van der Waals surface area contributed by atoms with Crippen molar-refractivity contribution >= 4 is 11.9 Å². The van der Waals surface area contributed by atoms with Gasteiger partial charge < -0.3 is 14.7 Å². The van der Waals surface area contributed by atoms with Crippen molar-refractivity contribution < 1.29 is 19.4 Å². The van der Waals surface area contributed by atoms with Gasteiger partial charge in [-0.05, 0) is 36.8 Å². The Morgan fingerprint density at radius 3 is 2.65 bits per heavy atom. The van der Waals surface area contributed by atoms with E-state index in [1.807, 2.05) is 19.1 Å². The summed E-state index contributed by atoms with van der Waals surface area (Å²) in [5.74, 6) is -0.528. The van der Waals surface area contributed by atoms with Gasteiger partial charge in [-0.1, -0.05) is 38.5 Å². The maximum Gasteiger partial charge on any atom is 0.326 e. The fourth-order valence-electron chi connectivity index (χ4n) is 2.90. The predicted octanol–water partition coefficient (Wildman–Crippen LogP) is 2.75. The van der Waals surface area contributed by atoms with Crippen LogP contribution >= 0.6 is 0 Å². The first-order chi connectivity index (χ1) is 10.7. The van der Waals surface area contributed by atoms with Gasteiger partial charge >= 0.3 is 5.97 Å². The lowest BCUT2D eigenvalue weighted by Crippen LogP contribution is -2.42. The van der Waals surface area contributed by atoms with E-state index in [1.165, 1.54) is 4.90 Å². The van der Waals surface area contributed by atoms with E-state index in [0.29, 0.717) is 18.7 Å². The largest absolute Gasteiger partial charge is 0.483 e. The van der Waals surface area contributed by atoms with Gasteiger partial charge in [0.25, 0.3) is 5.91 Å². The highest BCUT2D eigenvalue weighted by molar-refractivity contribution is 5.85. The number of hydrogen-bond donors (Lipinski definition) is 1. The van der Waals surface area contributed by atoms with E-state index in [9.17, 15) is 9.59 Å². The van der Waals surface area contributed by atoms with Crippen LogP contribution in [0.5, 0.6) is 5.75 Å². The number of amides is 1. The van der Waals surface area contributed by atoms with E-state index < -0.39 is 12.0 Å². The summed E-state index contributed by atoms with van der Waals surface area (Å²) in [6, 6.07) is 5.17. The number of carboxylic acid groups (broad SMARTS) is 1. The third-order valence-electron chi connectivity index (χ3n) is 4.15. The molecule has 0 spiro atoms. The molecule has 1 aliphatic heterocycles. The smallest absolute Gasteiger partial charge is 0.326 e. The molecule has 5 heteroatoms. The average Bonchev–Trinajstić information content (AvgIpc) is 2.94. The van der Waals surface area contributed by atoms with Gasteiger partial charge in [0, 0.05) is 6.54 Å². The van der Waals surface area contributed by atoms with Crippen molar-refractivity contribution in [2.75, 3.05) is 13.2 Å². The fourth-order valence-corrected chi connectivity index (χ4v) is 2.90. The molecule has 5 nitrogen and oxygen atoms in total. The number of aliphatic carboxylic acids is 1. The monoisotopic (exact) mass is 319 g/mol. The lowest BCUT2D eigenvalue weighted by molar-refractivity contribution is -0.148. The average molecular weight is 319 g/mol. The molecular formula is C18H25NO4. The Kier molecular flexibility index (Phi) is 4.97. The molecule has 1 aromatic carbocycles. The van der Waals surface area contributed by atoms with E-state index in [4.69, 9.17) is 9.84 Å². The molecular weight excluding hydrogens is 294 g/mol. The quantitative estimate of drug-likeness (QED) is 0.926. The van der Waals surface area contributed by atoms with Crippen LogP contribution in [0.2, 0.25) is 0 Å². The van der Waals surface area contributed by atoms with Crippen LogP contribution in [-0.2, 0) is 15.0 Å². The van der Waals surface area contributed by atoms with Crippen LogP contribution in [-0.4, -0.2) is 41.1 Å². The number of carbonyl (C=O) groups excluding carboxylic acids is 1. The summed E-state index contributed by atoms with van der Waals surface area (Å²) in [6.45, 7) is 8.66. The second-order valence-corrected chi connectivity index (χ2v) is 7.12. The molecule has 1 saturated heterocycles. The van der Waals surface area contributed by atoms with Crippen LogP contribution < -0.4 is 4.74 Å². The van der Waals surface area contributed by atoms with Crippen LogP contribution in [0.1, 0.15) is 44.7 Å². The van der Waals surface area contributed by atoms with E-state index in [-0.39, 0.29) is 17.9 Å². The Hall–Kier alpha value is -2.04. The summed E-state index contributed by atoms with van der Waals surface area (Å²) in [5, 5.41) is 9.16. The number of ether oxygens (including phenoxy) is 1. The van der Waals surface area contributed by atoms with Gasteiger partial charge in [-0.25, -0.2) is 4.79 Å². The van der Waals surface area contributed by atoms with Gasteiger partial charge in [0.15, 0.2) is 6.61 Å². The van der Waals surface area contributed by atoms with Crippen LogP contribution in [0.15, 0.2) is 18.2 Å². The summed E-state index contributed by atoms with van der Waals surface area (Å²) in [5.41, 5.74) is 2.09. The number of likely N-dealkylation sites (tertiary alicyclic amines) is 1. The number of hydrogen-bond acceptors (Lipinski definition) is 3. The molecule has 0 aliphatic carbocycles. The third kappa shape index (κ3) is 4.03. The predicted molar refractivity (Wildman–Crippen MR) is 87.7 cm³/mol. The van der Waals surface area contributed by atoms with Crippen molar-refractivity contribution in [3.8, 4) is 5.75 Å². The van der Waals surface area contributed by atoms with Crippen molar-refractivity contribution in [1.29, 1.82) is 0 Å². The van der Waals surface area contributed by atoms with Crippen LogP contribution in [0.3, 0.4) is 0 Å². The van der Waals surface area contributed by atoms with Crippen molar-refractivity contribution in [2.45, 2.75) is 52.0 Å². The standard InChI is InChI=1S/C18H25NO4/c1-12-7-8-15(13(10-12)18(2,3)4)23-11-16(20)19-9-5-6-14(19)17(21)22/h7-8,10,14H,5-6,9,11H2,1-4H3,(H,21,22). The number of benzene rings is 1. The minimum absolute atomic E-state index is 0.0956. The molecule has 1 heterocycles. The zero-order valence-electron chi connectivity index (χ0n) is 14.3. The summed E-state index contributed by atoms with van der Waals surface area (Å²) in [4.78, 5) is 24.9. The van der Waals surface area contributed by atoms with Gasteiger partial charge in [-0.3, -0.25) is 4.79 Å². The van der Waals surface area contributed by atoms with Crippen LogP contribution in [0, 0.1) is 6.92 Å². The molecule has 23 heavy (non-hydrogen) atoms. The van der Waals surface area contributed by atoms with Gasteiger partial charge in [0.1, 0.15) is 11.8 Å². The van der Waals surface area contributed by atoms with E-state index >= 15 is 0 Å². The molecule has 1 fully saturated rings. The summed E-state index contributed by atoms with van der Waals surface area (Å²) in [7, 11) is 0. The Morgan fingerprint density at radius 2 is 2.04 bits per heavy atom. The number of rotatable bonds is 4. The third-order valence-corrected chi connectivity index (χ3v) is 4.15. The normalized spacial score (nSPS) is 18.1. The Labute approximate surface area is 137 Å². The van der Waals surface area contributed by atoms with Crippen molar-refractivity contribution in [3.05, 3.63) is 29.3 Å². The molecule has 0 aromatic heterocycles. The van der Waals surface area contributed by atoms with Crippen LogP contribution in [0.4, 0.5) is 0 Å². The second kappa shape index (κ2) is 6.60. The fraction of sp³-hybridized carbons (Fsp3) is 0.556. The van der Waals surface area contributed by atoms with E-state index in [0.717, 1.165) is 17.5 Å². The van der Waals surface area contributed by atoms with Gasteiger partial charge in [0.2, 0.25) is 0 Å². The van der Waals surface area contributed by atoms with Crippen molar-refractivity contribution in [2.24, 2.45) is 0 Å². The molecule has 126 valence electrons. The molecule has 0 radical (unpaired) electrons. The van der Waals surface area contributed by atoms with E-state index in [2.05, 4.69) is 26.8 Å². The highest BCUT2D eigenvalue weighted by atomic mass is 16.5. The van der Waals surface area contributed by atoms with Gasteiger partial charge in [-0.2, -0.15) is 0 Å².